The minimum atomic E-state index is -3.00. The normalized spacial score (nSPS) is 35.7. The van der Waals surface area contributed by atoms with Crippen molar-refractivity contribution >= 4 is 10.0 Å². The van der Waals surface area contributed by atoms with Crippen LogP contribution in [-0.4, -0.2) is 20.2 Å². The highest BCUT2D eigenvalue weighted by atomic mass is 32.2. The first-order valence-electron chi connectivity index (χ1n) is 6.10. The van der Waals surface area contributed by atoms with Crippen LogP contribution < -0.4 is 4.72 Å². The molecule has 0 aromatic carbocycles. The lowest BCUT2D eigenvalue weighted by Gasteiger charge is -2.13. The Balaban J connectivity index is 1.87. The molecule has 0 spiro atoms. The molecule has 0 amide bonds. The number of hydrogen-bond donors (Lipinski definition) is 1. The van der Waals surface area contributed by atoms with Gasteiger partial charge in [0.2, 0.25) is 10.0 Å². The Labute approximate surface area is 92.7 Å². The fourth-order valence-corrected chi connectivity index (χ4v) is 4.59. The molecule has 0 aliphatic heterocycles. The van der Waals surface area contributed by atoms with Gasteiger partial charge in [0.05, 0.1) is 5.75 Å². The Morgan fingerprint density at radius 3 is 2.33 bits per heavy atom. The molecule has 2 unspecified atom stereocenters. The molecular formula is C11H21NO2S. The summed E-state index contributed by atoms with van der Waals surface area (Å²) in [6, 6.07) is 0.233. The van der Waals surface area contributed by atoms with Crippen LogP contribution in [0.15, 0.2) is 0 Å². The Morgan fingerprint density at radius 2 is 1.80 bits per heavy atom. The summed E-state index contributed by atoms with van der Waals surface area (Å²) in [6.45, 7) is 1.91. The molecule has 0 heterocycles. The Morgan fingerprint density at radius 1 is 1.20 bits per heavy atom. The van der Waals surface area contributed by atoms with E-state index in [4.69, 9.17) is 0 Å². The van der Waals surface area contributed by atoms with Crippen LogP contribution in [0.3, 0.4) is 0 Å². The van der Waals surface area contributed by atoms with Crippen LogP contribution in [0, 0.1) is 11.8 Å². The van der Waals surface area contributed by atoms with Gasteiger partial charge in [0.1, 0.15) is 0 Å². The molecule has 88 valence electrons. The molecule has 2 rings (SSSR count). The topological polar surface area (TPSA) is 46.2 Å². The van der Waals surface area contributed by atoms with E-state index >= 15 is 0 Å². The molecule has 2 aliphatic carbocycles. The maximum Gasteiger partial charge on any atom is 0.211 e. The second kappa shape index (κ2) is 4.42. The first kappa shape index (κ1) is 11.4. The average Bonchev–Trinajstić information content (AvgIpc) is 2.61. The molecule has 2 atom stereocenters. The van der Waals surface area contributed by atoms with Crippen LogP contribution in [0.1, 0.15) is 45.4 Å². The number of fused-ring (bicyclic) bond motifs is 1. The van der Waals surface area contributed by atoms with Crippen molar-refractivity contribution in [1.29, 1.82) is 0 Å². The number of nitrogens with one attached hydrogen (secondary N) is 1. The molecule has 15 heavy (non-hydrogen) atoms. The second-order valence-electron chi connectivity index (χ2n) is 5.06. The smallest absolute Gasteiger partial charge is 0.211 e. The van der Waals surface area contributed by atoms with Crippen LogP contribution in [-0.2, 0) is 10.0 Å². The van der Waals surface area contributed by atoms with E-state index in [1.54, 1.807) is 0 Å². The van der Waals surface area contributed by atoms with Gasteiger partial charge >= 0.3 is 0 Å². The first-order chi connectivity index (χ1) is 7.11. The van der Waals surface area contributed by atoms with E-state index in [1.165, 1.54) is 19.3 Å². The van der Waals surface area contributed by atoms with Crippen molar-refractivity contribution in [3.05, 3.63) is 0 Å². The summed E-state index contributed by atoms with van der Waals surface area (Å²) >= 11 is 0. The van der Waals surface area contributed by atoms with Gasteiger partial charge in [0, 0.05) is 6.04 Å². The van der Waals surface area contributed by atoms with Crippen molar-refractivity contribution < 1.29 is 8.42 Å². The SMILES string of the molecule is CCCS(=O)(=O)NC1CC2CCCC2C1. The van der Waals surface area contributed by atoms with Gasteiger partial charge in [-0.1, -0.05) is 26.2 Å². The number of rotatable bonds is 4. The lowest BCUT2D eigenvalue weighted by atomic mass is 10.0. The summed E-state index contributed by atoms with van der Waals surface area (Å²) in [4.78, 5) is 0. The highest BCUT2D eigenvalue weighted by Crippen LogP contribution is 2.43. The van der Waals surface area contributed by atoms with E-state index in [9.17, 15) is 8.42 Å². The quantitative estimate of drug-likeness (QED) is 0.803. The van der Waals surface area contributed by atoms with Gasteiger partial charge in [-0.05, 0) is 31.1 Å². The van der Waals surface area contributed by atoms with E-state index < -0.39 is 10.0 Å². The molecule has 2 saturated carbocycles. The Kier molecular flexibility index (Phi) is 3.36. The highest BCUT2D eigenvalue weighted by molar-refractivity contribution is 7.89. The summed E-state index contributed by atoms with van der Waals surface area (Å²) in [7, 11) is -3.00. The molecule has 2 aliphatic rings. The Hall–Kier alpha value is -0.0900. The van der Waals surface area contributed by atoms with E-state index in [0.717, 1.165) is 24.7 Å². The van der Waals surface area contributed by atoms with E-state index in [2.05, 4.69) is 4.72 Å². The van der Waals surface area contributed by atoms with Crippen molar-refractivity contribution in [2.24, 2.45) is 11.8 Å². The lowest BCUT2D eigenvalue weighted by molar-refractivity contribution is 0.457. The van der Waals surface area contributed by atoms with E-state index in [0.29, 0.717) is 6.42 Å². The molecular weight excluding hydrogens is 210 g/mol. The van der Waals surface area contributed by atoms with Crippen LogP contribution in [0.2, 0.25) is 0 Å². The standard InChI is InChI=1S/C11H21NO2S/c1-2-6-15(13,14)12-11-7-9-4-3-5-10(9)8-11/h9-12H,2-8H2,1H3. The summed E-state index contributed by atoms with van der Waals surface area (Å²) in [6.07, 6.45) is 6.84. The van der Waals surface area contributed by atoms with Crippen molar-refractivity contribution in [1.82, 2.24) is 4.72 Å². The molecule has 0 aromatic rings. The maximum atomic E-state index is 11.6. The number of hydrogen-bond acceptors (Lipinski definition) is 2. The molecule has 2 fully saturated rings. The van der Waals surface area contributed by atoms with Crippen molar-refractivity contribution in [2.45, 2.75) is 51.5 Å². The molecule has 4 heteroatoms. The van der Waals surface area contributed by atoms with Gasteiger partial charge in [-0.3, -0.25) is 0 Å². The highest BCUT2D eigenvalue weighted by Gasteiger charge is 2.38. The molecule has 0 saturated heterocycles. The molecule has 1 N–H and O–H groups in total. The van der Waals surface area contributed by atoms with Gasteiger partial charge in [0.15, 0.2) is 0 Å². The third-order valence-electron chi connectivity index (χ3n) is 3.81. The molecule has 0 radical (unpaired) electrons. The summed E-state index contributed by atoms with van der Waals surface area (Å²) in [5.74, 6) is 1.89. The summed E-state index contributed by atoms with van der Waals surface area (Å²) < 4.78 is 26.0. The maximum absolute atomic E-state index is 11.6. The predicted octanol–water partition coefficient (Wildman–Crippen LogP) is 1.89. The molecule has 0 aromatic heterocycles. The van der Waals surface area contributed by atoms with Crippen LogP contribution >= 0.6 is 0 Å². The zero-order chi connectivity index (χ0) is 10.9. The van der Waals surface area contributed by atoms with Crippen LogP contribution in [0.25, 0.3) is 0 Å². The van der Waals surface area contributed by atoms with Crippen LogP contribution in [0.4, 0.5) is 0 Å². The van der Waals surface area contributed by atoms with Gasteiger partial charge in [0.25, 0.3) is 0 Å². The van der Waals surface area contributed by atoms with Gasteiger partial charge in [-0.25, -0.2) is 13.1 Å². The van der Waals surface area contributed by atoms with Gasteiger partial charge < -0.3 is 0 Å². The lowest BCUT2D eigenvalue weighted by Crippen LogP contribution is -2.34. The third-order valence-corrected chi connectivity index (χ3v) is 5.45. The van der Waals surface area contributed by atoms with Gasteiger partial charge in [-0.15, -0.1) is 0 Å². The summed E-state index contributed by atoms with van der Waals surface area (Å²) in [5, 5.41) is 0. The second-order valence-corrected chi connectivity index (χ2v) is 6.93. The minimum Gasteiger partial charge on any atom is -0.212 e. The molecule has 3 nitrogen and oxygen atoms in total. The zero-order valence-electron chi connectivity index (χ0n) is 9.41. The zero-order valence-corrected chi connectivity index (χ0v) is 10.2. The van der Waals surface area contributed by atoms with Crippen molar-refractivity contribution in [3.63, 3.8) is 0 Å². The van der Waals surface area contributed by atoms with E-state index in [-0.39, 0.29) is 11.8 Å². The fourth-order valence-electron chi connectivity index (χ4n) is 3.24. The predicted molar refractivity (Wildman–Crippen MR) is 61.1 cm³/mol. The van der Waals surface area contributed by atoms with Crippen LogP contribution in [0.5, 0.6) is 0 Å². The van der Waals surface area contributed by atoms with Crippen molar-refractivity contribution in [3.8, 4) is 0 Å². The molecule has 0 bridgehead atoms. The first-order valence-corrected chi connectivity index (χ1v) is 7.76. The van der Waals surface area contributed by atoms with Gasteiger partial charge in [-0.2, -0.15) is 0 Å². The monoisotopic (exact) mass is 231 g/mol. The minimum absolute atomic E-state index is 0.233. The number of sulfonamides is 1. The average molecular weight is 231 g/mol. The third kappa shape index (κ3) is 2.72. The Bertz CT molecular complexity index is 301. The van der Waals surface area contributed by atoms with E-state index in [1.807, 2.05) is 6.92 Å². The largest absolute Gasteiger partial charge is 0.212 e. The fraction of sp³-hybridized carbons (Fsp3) is 1.00. The van der Waals surface area contributed by atoms with Crippen molar-refractivity contribution in [2.75, 3.05) is 5.75 Å². The summed E-state index contributed by atoms with van der Waals surface area (Å²) in [5.41, 5.74) is 0.